The summed E-state index contributed by atoms with van der Waals surface area (Å²) in [5, 5.41) is 2.54. The molecule has 0 aliphatic carbocycles. The number of anilines is 2. The number of nitrogens with two attached hydrogens (primary N) is 1. The molecule has 21 heavy (non-hydrogen) atoms. The summed E-state index contributed by atoms with van der Waals surface area (Å²) in [7, 11) is -3.60. The monoisotopic (exact) mass is 317 g/mol. The van der Waals surface area contributed by atoms with E-state index in [9.17, 15) is 17.6 Å². The van der Waals surface area contributed by atoms with Gasteiger partial charge in [-0.15, -0.1) is 0 Å². The summed E-state index contributed by atoms with van der Waals surface area (Å²) < 4.78 is 37.8. The standard InChI is InChI=1S/C13H20FN3O3S/c1-3-4-5-11(15)13(18)16-9-6-7-10(14)12(8-9)17-21(2,19)20/h6-8,11,17H,3-5,15H2,1-2H3,(H,16,18)/t11-/m0/s1. The van der Waals surface area contributed by atoms with E-state index < -0.39 is 21.9 Å². The van der Waals surface area contributed by atoms with Crippen LogP contribution >= 0.6 is 0 Å². The molecule has 8 heteroatoms. The fourth-order valence-electron chi connectivity index (χ4n) is 1.67. The third-order valence-electron chi connectivity index (χ3n) is 2.73. The summed E-state index contributed by atoms with van der Waals surface area (Å²) in [6, 6.07) is 2.97. The lowest BCUT2D eigenvalue weighted by atomic mass is 10.1. The van der Waals surface area contributed by atoms with Crippen molar-refractivity contribution in [1.29, 1.82) is 0 Å². The van der Waals surface area contributed by atoms with Crippen LogP contribution in [0.1, 0.15) is 26.2 Å². The zero-order valence-electron chi connectivity index (χ0n) is 12.0. The Morgan fingerprint density at radius 1 is 1.43 bits per heavy atom. The van der Waals surface area contributed by atoms with Gasteiger partial charge in [0.1, 0.15) is 5.82 Å². The van der Waals surface area contributed by atoms with Gasteiger partial charge in [0.15, 0.2) is 0 Å². The first kappa shape index (κ1) is 17.4. The minimum Gasteiger partial charge on any atom is -0.325 e. The Bertz CT molecular complexity index is 605. The second kappa shape index (κ2) is 7.37. The molecule has 0 fully saturated rings. The molecule has 0 aliphatic rings. The Morgan fingerprint density at radius 2 is 2.10 bits per heavy atom. The number of carbonyl (C=O) groups is 1. The van der Waals surface area contributed by atoms with Crippen LogP contribution in [0.2, 0.25) is 0 Å². The van der Waals surface area contributed by atoms with Gasteiger partial charge in [-0.05, 0) is 24.6 Å². The number of unbranched alkanes of at least 4 members (excludes halogenated alkanes) is 1. The molecule has 0 saturated carbocycles. The van der Waals surface area contributed by atoms with E-state index in [4.69, 9.17) is 5.73 Å². The molecule has 1 atom stereocenters. The summed E-state index contributed by atoms with van der Waals surface area (Å²) >= 11 is 0. The summed E-state index contributed by atoms with van der Waals surface area (Å²) in [6.45, 7) is 1.99. The fourth-order valence-corrected chi connectivity index (χ4v) is 2.23. The number of nitrogens with one attached hydrogen (secondary N) is 2. The van der Waals surface area contributed by atoms with Crippen LogP contribution in [0, 0.1) is 5.82 Å². The van der Waals surface area contributed by atoms with Crippen LogP contribution in [0.4, 0.5) is 15.8 Å². The van der Waals surface area contributed by atoms with Gasteiger partial charge in [-0.2, -0.15) is 0 Å². The summed E-state index contributed by atoms with van der Waals surface area (Å²) in [4.78, 5) is 11.8. The third kappa shape index (κ3) is 6.09. The van der Waals surface area contributed by atoms with Gasteiger partial charge in [0.25, 0.3) is 0 Å². The van der Waals surface area contributed by atoms with Crippen molar-refractivity contribution < 1.29 is 17.6 Å². The van der Waals surface area contributed by atoms with E-state index in [1.165, 1.54) is 12.1 Å². The van der Waals surface area contributed by atoms with Gasteiger partial charge in [0.05, 0.1) is 18.0 Å². The van der Waals surface area contributed by atoms with Gasteiger partial charge in [-0.25, -0.2) is 12.8 Å². The molecule has 0 heterocycles. The maximum absolute atomic E-state index is 13.5. The number of benzene rings is 1. The van der Waals surface area contributed by atoms with Crippen LogP contribution in [0.3, 0.4) is 0 Å². The normalized spacial score (nSPS) is 12.8. The smallest absolute Gasteiger partial charge is 0.241 e. The van der Waals surface area contributed by atoms with E-state index in [0.29, 0.717) is 6.42 Å². The minimum atomic E-state index is -3.60. The van der Waals surface area contributed by atoms with Gasteiger partial charge < -0.3 is 11.1 Å². The van der Waals surface area contributed by atoms with E-state index >= 15 is 0 Å². The number of rotatable bonds is 7. The molecular formula is C13H20FN3O3S. The van der Waals surface area contributed by atoms with Crippen molar-refractivity contribution in [2.24, 2.45) is 5.73 Å². The van der Waals surface area contributed by atoms with Crippen molar-refractivity contribution in [3.63, 3.8) is 0 Å². The van der Waals surface area contributed by atoms with Gasteiger partial charge in [-0.3, -0.25) is 9.52 Å². The predicted octanol–water partition coefficient (Wildman–Crippen LogP) is 1.65. The first-order chi connectivity index (χ1) is 9.73. The quantitative estimate of drug-likeness (QED) is 0.711. The molecule has 0 unspecified atom stereocenters. The van der Waals surface area contributed by atoms with Gasteiger partial charge >= 0.3 is 0 Å². The molecule has 0 aromatic heterocycles. The van der Waals surface area contributed by atoms with Crippen LogP contribution in [0.5, 0.6) is 0 Å². The van der Waals surface area contributed by atoms with Crippen LogP contribution in [-0.2, 0) is 14.8 Å². The van der Waals surface area contributed by atoms with Crippen molar-refractivity contribution in [3.8, 4) is 0 Å². The van der Waals surface area contributed by atoms with Crippen molar-refractivity contribution in [2.45, 2.75) is 32.2 Å². The highest BCUT2D eigenvalue weighted by Gasteiger charge is 2.14. The molecule has 1 aromatic carbocycles. The van der Waals surface area contributed by atoms with Gasteiger partial charge in [-0.1, -0.05) is 19.8 Å². The molecule has 1 rings (SSSR count). The number of sulfonamides is 1. The molecule has 0 spiro atoms. The van der Waals surface area contributed by atoms with E-state index in [1.807, 2.05) is 11.6 Å². The van der Waals surface area contributed by atoms with Crippen molar-refractivity contribution in [3.05, 3.63) is 24.0 Å². The topological polar surface area (TPSA) is 101 Å². The Balaban J connectivity index is 2.80. The second-order valence-corrected chi connectivity index (χ2v) is 6.56. The summed E-state index contributed by atoms with van der Waals surface area (Å²) in [6.07, 6.45) is 3.23. The van der Waals surface area contributed by atoms with E-state index in [-0.39, 0.29) is 17.3 Å². The Hall–Kier alpha value is -1.67. The fraction of sp³-hybridized carbons (Fsp3) is 0.462. The molecule has 0 aliphatic heterocycles. The molecule has 1 amide bonds. The second-order valence-electron chi connectivity index (χ2n) is 4.81. The molecule has 1 aromatic rings. The van der Waals surface area contributed by atoms with Crippen molar-refractivity contribution >= 4 is 27.3 Å². The highest BCUT2D eigenvalue weighted by Crippen LogP contribution is 2.20. The average molecular weight is 317 g/mol. The molecular weight excluding hydrogens is 297 g/mol. The zero-order chi connectivity index (χ0) is 16.0. The summed E-state index contributed by atoms with van der Waals surface area (Å²) in [5.41, 5.74) is 5.78. The van der Waals surface area contributed by atoms with Crippen molar-refractivity contribution in [1.82, 2.24) is 0 Å². The number of hydrogen-bond acceptors (Lipinski definition) is 4. The lowest BCUT2D eigenvalue weighted by molar-refractivity contribution is -0.117. The van der Waals surface area contributed by atoms with E-state index in [1.54, 1.807) is 0 Å². The first-order valence-electron chi connectivity index (χ1n) is 6.56. The Labute approximate surface area is 124 Å². The molecule has 118 valence electrons. The minimum absolute atomic E-state index is 0.225. The third-order valence-corrected chi connectivity index (χ3v) is 3.33. The highest BCUT2D eigenvalue weighted by molar-refractivity contribution is 7.92. The lowest BCUT2D eigenvalue weighted by Crippen LogP contribution is -2.35. The Kier molecular flexibility index (Phi) is 6.10. The number of amides is 1. The molecule has 0 radical (unpaired) electrons. The van der Waals surface area contributed by atoms with E-state index in [0.717, 1.165) is 25.2 Å². The predicted molar refractivity (Wildman–Crippen MR) is 81.0 cm³/mol. The molecule has 6 nitrogen and oxygen atoms in total. The van der Waals surface area contributed by atoms with Crippen LogP contribution in [0.15, 0.2) is 18.2 Å². The maximum atomic E-state index is 13.5. The Morgan fingerprint density at radius 3 is 2.67 bits per heavy atom. The maximum Gasteiger partial charge on any atom is 0.241 e. The van der Waals surface area contributed by atoms with Crippen LogP contribution in [-0.4, -0.2) is 26.6 Å². The number of hydrogen-bond donors (Lipinski definition) is 3. The lowest BCUT2D eigenvalue weighted by Gasteiger charge is -2.13. The van der Waals surface area contributed by atoms with E-state index in [2.05, 4.69) is 5.32 Å². The SMILES string of the molecule is CCCC[C@H](N)C(=O)Nc1ccc(F)c(NS(C)(=O)=O)c1. The molecule has 0 bridgehead atoms. The first-order valence-corrected chi connectivity index (χ1v) is 8.46. The van der Waals surface area contributed by atoms with Gasteiger partial charge in [0, 0.05) is 5.69 Å². The molecule has 4 N–H and O–H groups in total. The largest absolute Gasteiger partial charge is 0.325 e. The number of carbonyl (C=O) groups excluding carboxylic acids is 1. The zero-order valence-corrected chi connectivity index (χ0v) is 12.8. The average Bonchev–Trinajstić information content (AvgIpc) is 2.38. The number of halogens is 1. The highest BCUT2D eigenvalue weighted by atomic mass is 32.2. The van der Waals surface area contributed by atoms with Crippen LogP contribution in [0.25, 0.3) is 0 Å². The van der Waals surface area contributed by atoms with Gasteiger partial charge in [0.2, 0.25) is 15.9 Å². The summed E-state index contributed by atoms with van der Waals surface area (Å²) in [5.74, 6) is -1.12. The molecule has 0 saturated heterocycles. The van der Waals surface area contributed by atoms with Crippen molar-refractivity contribution in [2.75, 3.05) is 16.3 Å². The van der Waals surface area contributed by atoms with Crippen LogP contribution < -0.4 is 15.8 Å².